The summed E-state index contributed by atoms with van der Waals surface area (Å²) in [5, 5.41) is 13.2. The van der Waals surface area contributed by atoms with Gasteiger partial charge in [-0.1, -0.05) is 11.6 Å². The summed E-state index contributed by atoms with van der Waals surface area (Å²) in [4.78, 5) is 16.0. The van der Waals surface area contributed by atoms with Gasteiger partial charge in [0.1, 0.15) is 17.9 Å². The number of aromatic hydroxyl groups is 1. The fourth-order valence-corrected chi connectivity index (χ4v) is 2.62. The molecule has 2 rings (SSSR count). The SMILES string of the molecule is CC(C)=CCC1(C=O)CNc2nc(C)c(O)c(C)c21. The zero-order valence-electron chi connectivity index (χ0n) is 11.9. The van der Waals surface area contributed by atoms with Crippen molar-refractivity contribution < 1.29 is 9.90 Å². The van der Waals surface area contributed by atoms with Crippen molar-refractivity contribution in [3.63, 3.8) is 0 Å². The van der Waals surface area contributed by atoms with E-state index < -0.39 is 5.41 Å². The second-order valence-corrected chi connectivity index (χ2v) is 5.51. The first-order valence-electron chi connectivity index (χ1n) is 6.45. The summed E-state index contributed by atoms with van der Waals surface area (Å²) in [6.45, 7) is 8.17. The van der Waals surface area contributed by atoms with Gasteiger partial charge in [-0.05, 0) is 34.1 Å². The van der Waals surface area contributed by atoms with Crippen molar-refractivity contribution in [2.24, 2.45) is 0 Å². The Morgan fingerprint density at radius 1 is 1.47 bits per heavy atom. The minimum absolute atomic E-state index is 0.186. The molecule has 1 atom stereocenters. The predicted molar refractivity (Wildman–Crippen MR) is 75.7 cm³/mol. The van der Waals surface area contributed by atoms with E-state index >= 15 is 0 Å². The van der Waals surface area contributed by atoms with Crippen LogP contribution in [0, 0.1) is 13.8 Å². The van der Waals surface area contributed by atoms with Crippen LogP contribution in [0.15, 0.2) is 11.6 Å². The molecule has 102 valence electrons. The topological polar surface area (TPSA) is 62.2 Å². The van der Waals surface area contributed by atoms with Gasteiger partial charge >= 0.3 is 0 Å². The largest absolute Gasteiger partial charge is 0.506 e. The molecule has 1 unspecified atom stereocenters. The van der Waals surface area contributed by atoms with Crippen molar-refractivity contribution in [2.75, 3.05) is 11.9 Å². The Kier molecular flexibility index (Phi) is 3.35. The molecule has 0 saturated heterocycles. The summed E-state index contributed by atoms with van der Waals surface area (Å²) < 4.78 is 0. The van der Waals surface area contributed by atoms with Crippen molar-refractivity contribution in [1.29, 1.82) is 0 Å². The Morgan fingerprint density at radius 2 is 2.16 bits per heavy atom. The van der Waals surface area contributed by atoms with Gasteiger partial charge in [-0.25, -0.2) is 4.98 Å². The molecule has 1 aliphatic heterocycles. The summed E-state index contributed by atoms with van der Waals surface area (Å²) in [5.74, 6) is 0.910. The third-order valence-electron chi connectivity index (χ3n) is 3.76. The second kappa shape index (κ2) is 4.68. The Bertz CT molecular complexity index is 560. The molecule has 1 aliphatic rings. The minimum atomic E-state index is -0.616. The van der Waals surface area contributed by atoms with E-state index in [4.69, 9.17) is 0 Å². The van der Waals surface area contributed by atoms with E-state index in [-0.39, 0.29) is 5.75 Å². The maximum atomic E-state index is 11.7. The Balaban J connectivity index is 2.58. The molecule has 2 heterocycles. The second-order valence-electron chi connectivity index (χ2n) is 5.51. The number of allylic oxidation sites excluding steroid dienone is 2. The summed E-state index contributed by atoms with van der Waals surface area (Å²) in [5.41, 5.74) is 2.74. The number of anilines is 1. The van der Waals surface area contributed by atoms with Crippen molar-refractivity contribution in [1.82, 2.24) is 4.98 Å². The monoisotopic (exact) mass is 260 g/mol. The molecule has 1 aromatic rings. The summed E-state index contributed by atoms with van der Waals surface area (Å²) in [7, 11) is 0. The molecular weight excluding hydrogens is 240 g/mol. The molecule has 0 fully saturated rings. The van der Waals surface area contributed by atoms with Crippen LogP contribution < -0.4 is 5.32 Å². The van der Waals surface area contributed by atoms with Gasteiger partial charge in [0, 0.05) is 17.7 Å². The number of aryl methyl sites for hydroxylation is 1. The van der Waals surface area contributed by atoms with Gasteiger partial charge in [0.25, 0.3) is 0 Å². The first-order chi connectivity index (χ1) is 8.91. The average molecular weight is 260 g/mol. The van der Waals surface area contributed by atoms with Gasteiger partial charge in [0.05, 0.1) is 11.1 Å². The normalized spacial score (nSPS) is 20.6. The zero-order valence-corrected chi connectivity index (χ0v) is 11.9. The number of hydrogen-bond acceptors (Lipinski definition) is 4. The third-order valence-corrected chi connectivity index (χ3v) is 3.76. The summed E-state index contributed by atoms with van der Waals surface area (Å²) in [6, 6.07) is 0. The number of nitrogens with zero attached hydrogens (tertiary/aromatic N) is 1. The van der Waals surface area contributed by atoms with E-state index in [1.54, 1.807) is 6.92 Å². The molecule has 0 bridgehead atoms. The van der Waals surface area contributed by atoms with Gasteiger partial charge in [-0.2, -0.15) is 0 Å². The quantitative estimate of drug-likeness (QED) is 0.648. The van der Waals surface area contributed by atoms with E-state index in [0.717, 1.165) is 23.2 Å². The highest BCUT2D eigenvalue weighted by atomic mass is 16.3. The van der Waals surface area contributed by atoms with E-state index in [2.05, 4.69) is 16.4 Å². The molecule has 0 aromatic carbocycles. The van der Waals surface area contributed by atoms with Crippen LogP contribution in [-0.2, 0) is 10.2 Å². The van der Waals surface area contributed by atoms with Crippen LogP contribution in [0.5, 0.6) is 5.75 Å². The first-order valence-corrected chi connectivity index (χ1v) is 6.45. The van der Waals surface area contributed by atoms with Gasteiger partial charge in [0.15, 0.2) is 0 Å². The first kappa shape index (κ1) is 13.6. The molecule has 0 aliphatic carbocycles. The van der Waals surface area contributed by atoms with Crippen molar-refractivity contribution >= 4 is 12.1 Å². The van der Waals surface area contributed by atoms with E-state index in [0.29, 0.717) is 18.7 Å². The lowest BCUT2D eigenvalue weighted by molar-refractivity contribution is -0.112. The molecule has 4 nitrogen and oxygen atoms in total. The lowest BCUT2D eigenvalue weighted by Crippen LogP contribution is -2.30. The van der Waals surface area contributed by atoms with Gasteiger partial charge in [-0.3, -0.25) is 0 Å². The highest BCUT2D eigenvalue weighted by Gasteiger charge is 2.41. The predicted octanol–water partition coefficient (Wildman–Crippen LogP) is 2.62. The molecule has 4 heteroatoms. The van der Waals surface area contributed by atoms with Gasteiger partial charge < -0.3 is 15.2 Å². The standard InChI is InChI=1S/C15H20N2O2/c1-9(2)5-6-15(8-18)7-16-14-12(15)10(3)13(19)11(4)17-14/h5,8,19H,6-7H2,1-4H3,(H,16,17). The van der Waals surface area contributed by atoms with Crippen LogP contribution in [0.2, 0.25) is 0 Å². The van der Waals surface area contributed by atoms with Crippen LogP contribution in [0.25, 0.3) is 0 Å². The molecular formula is C15H20N2O2. The van der Waals surface area contributed by atoms with E-state index in [1.165, 1.54) is 5.57 Å². The number of fused-ring (bicyclic) bond motifs is 1. The van der Waals surface area contributed by atoms with Crippen LogP contribution in [0.4, 0.5) is 5.82 Å². The van der Waals surface area contributed by atoms with Gasteiger partial charge in [0.2, 0.25) is 0 Å². The fourth-order valence-electron chi connectivity index (χ4n) is 2.62. The zero-order chi connectivity index (χ0) is 14.2. The maximum Gasteiger partial charge on any atom is 0.140 e. The Morgan fingerprint density at radius 3 is 2.74 bits per heavy atom. The van der Waals surface area contributed by atoms with Crippen LogP contribution in [0.3, 0.4) is 0 Å². The molecule has 0 spiro atoms. The number of carbonyl (C=O) groups excluding carboxylic acids is 1. The Labute approximate surface area is 113 Å². The minimum Gasteiger partial charge on any atom is -0.506 e. The van der Waals surface area contributed by atoms with Crippen molar-refractivity contribution in [3.8, 4) is 5.75 Å². The van der Waals surface area contributed by atoms with Crippen molar-refractivity contribution in [2.45, 2.75) is 39.5 Å². The third kappa shape index (κ3) is 2.11. The number of aromatic nitrogens is 1. The number of pyridine rings is 1. The van der Waals surface area contributed by atoms with E-state index in [9.17, 15) is 9.90 Å². The number of nitrogens with one attached hydrogen (secondary N) is 1. The number of carbonyl (C=O) groups is 1. The fraction of sp³-hybridized carbons (Fsp3) is 0.467. The maximum absolute atomic E-state index is 11.7. The molecule has 2 N–H and O–H groups in total. The molecule has 0 radical (unpaired) electrons. The Hall–Kier alpha value is -1.84. The number of aldehydes is 1. The lowest BCUT2D eigenvalue weighted by Gasteiger charge is -2.23. The number of hydrogen-bond donors (Lipinski definition) is 2. The average Bonchev–Trinajstić information content (AvgIpc) is 2.73. The van der Waals surface area contributed by atoms with Crippen LogP contribution in [0.1, 0.15) is 37.1 Å². The smallest absolute Gasteiger partial charge is 0.140 e. The highest BCUT2D eigenvalue weighted by Crippen LogP contribution is 2.43. The molecule has 0 amide bonds. The number of rotatable bonds is 3. The lowest BCUT2D eigenvalue weighted by atomic mass is 9.78. The van der Waals surface area contributed by atoms with E-state index in [1.807, 2.05) is 20.8 Å². The molecule has 19 heavy (non-hydrogen) atoms. The van der Waals surface area contributed by atoms with Crippen LogP contribution >= 0.6 is 0 Å². The van der Waals surface area contributed by atoms with Crippen LogP contribution in [-0.4, -0.2) is 22.9 Å². The summed E-state index contributed by atoms with van der Waals surface area (Å²) in [6.07, 6.45) is 3.67. The van der Waals surface area contributed by atoms with Gasteiger partial charge in [-0.15, -0.1) is 0 Å². The van der Waals surface area contributed by atoms with Crippen molar-refractivity contribution in [3.05, 3.63) is 28.5 Å². The summed E-state index contributed by atoms with van der Waals surface area (Å²) >= 11 is 0. The molecule has 1 aromatic heterocycles. The molecule has 0 saturated carbocycles. The highest BCUT2D eigenvalue weighted by molar-refractivity contribution is 5.80.